The average Bonchev–Trinajstić information content (AvgIpc) is 2.78. The molecular formula is C11H7N3O2S. The molecule has 2 N–H and O–H groups in total. The van der Waals surface area contributed by atoms with Crippen molar-refractivity contribution in [1.29, 1.82) is 5.26 Å². The summed E-state index contributed by atoms with van der Waals surface area (Å²) < 4.78 is 0. The highest BCUT2D eigenvalue weighted by atomic mass is 32.1. The monoisotopic (exact) mass is 245 g/mol. The normalized spacial score (nSPS) is 9.59. The maximum absolute atomic E-state index is 10.7. The number of nitrogens with zero attached hydrogens (tertiary/aromatic N) is 2. The van der Waals surface area contributed by atoms with Gasteiger partial charge in [-0.2, -0.15) is 5.26 Å². The molecule has 0 fully saturated rings. The number of nitrogens with one attached hydrogen (secondary N) is 1. The Hall–Kier alpha value is -2.39. The van der Waals surface area contributed by atoms with Crippen LogP contribution in [0.1, 0.15) is 15.2 Å². The predicted molar refractivity (Wildman–Crippen MR) is 63.5 cm³/mol. The van der Waals surface area contributed by atoms with Crippen LogP contribution in [0.2, 0.25) is 0 Å². The summed E-state index contributed by atoms with van der Waals surface area (Å²) in [5, 5.41) is 20.9. The fourth-order valence-corrected chi connectivity index (χ4v) is 1.90. The maximum Gasteiger partial charge on any atom is 0.347 e. The van der Waals surface area contributed by atoms with Crippen LogP contribution in [-0.2, 0) is 0 Å². The lowest BCUT2D eigenvalue weighted by molar-refractivity contribution is 0.0702. The number of hydrogen-bond acceptors (Lipinski definition) is 5. The fourth-order valence-electron chi connectivity index (χ4n) is 1.22. The minimum Gasteiger partial charge on any atom is -0.477 e. The molecule has 0 bridgehead atoms. The molecule has 1 aromatic heterocycles. The van der Waals surface area contributed by atoms with Crippen LogP contribution in [0.25, 0.3) is 0 Å². The third-order valence-corrected chi connectivity index (χ3v) is 2.86. The Morgan fingerprint density at radius 1 is 1.53 bits per heavy atom. The van der Waals surface area contributed by atoms with Crippen molar-refractivity contribution in [2.45, 2.75) is 0 Å². The molecule has 0 unspecified atom stereocenters. The molecule has 84 valence electrons. The molecule has 0 amide bonds. The molecule has 0 spiro atoms. The third kappa shape index (κ3) is 2.59. The molecule has 17 heavy (non-hydrogen) atoms. The van der Waals surface area contributed by atoms with E-state index in [1.54, 1.807) is 24.3 Å². The van der Waals surface area contributed by atoms with Gasteiger partial charge in [-0.1, -0.05) is 17.4 Å². The Morgan fingerprint density at radius 2 is 2.35 bits per heavy atom. The number of benzene rings is 1. The number of anilines is 2. The summed E-state index contributed by atoms with van der Waals surface area (Å²) in [5.41, 5.74) is 1.24. The van der Waals surface area contributed by atoms with Crippen LogP contribution in [-0.4, -0.2) is 16.1 Å². The first-order valence-electron chi connectivity index (χ1n) is 4.65. The van der Waals surface area contributed by atoms with Crippen molar-refractivity contribution in [3.63, 3.8) is 0 Å². The van der Waals surface area contributed by atoms with Crippen LogP contribution in [0.5, 0.6) is 0 Å². The van der Waals surface area contributed by atoms with E-state index in [0.717, 1.165) is 11.3 Å². The number of thiazole rings is 1. The molecule has 6 heteroatoms. The van der Waals surface area contributed by atoms with Gasteiger partial charge >= 0.3 is 5.97 Å². The molecular weight excluding hydrogens is 238 g/mol. The molecule has 0 radical (unpaired) electrons. The topological polar surface area (TPSA) is 86.0 Å². The molecule has 0 atom stereocenters. The van der Waals surface area contributed by atoms with Gasteiger partial charge in [0.2, 0.25) is 0 Å². The molecule has 0 aliphatic carbocycles. The van der Waals surface area contributed by atoms with Gasteiger partial charge in [-0.15, -0.1) is 0 Å². The molecule has 2 rings (SSSR count). The summed E-state index contributed by atoms with van der Waals surface area (Å²) in [6.45, 7) is 0. The number of hydrogen-bond donors (Lipinski definition) is 2. The number of rotatable bonds is 3. The fraction of sp³-hybridized carbons (Fsp3) is 0. The van der Waals surface area contributed by atoms with Gasteiger partial charge in [-0.25, -0.2) is 9.78 Å². The second kappa shape index (κ2) is 4.63. The van der Waals surface area contributed by atoms with E-state index in [-0.39, 0.29) is 4.88 Å². The molecule has 0 saturated carbocycles. The van der Waals surface area contributed by atoms with Gasteiger partial charge in [0.15, 0.2) is 5.13 Å². The van der Waals surface area contributed by atoms with E-state index >= 15 is 0 Å². The van der Waals surface area contributed by atoms with E-state index in [1.807, 2.05) is 6.07 Å². The summed E-state index contributed by atoms with van der Waals surface area (Å²) in [5.74, 6) is -0.999. The first kappa shape index (κ1) is 11.1. The van der Waals surface area contributed by atoms with Gasteiger partial charge in [-0.3, -0.25) is 0 Å². The second-order valence-electron chi connectivity index (χ2n) is 3.15. The maximum atomic E-state index is 10.7. The zero-order valence-electron chi connectivity index (χ0n) is 8.54. The Labute approximate surface area is 101 Å². The highest BCUT2D eigenvalue weighted by molar-refractivity contribution is 7.17. The number of carboxylic acids is 1. The largest absolute Gasteiger partial charge is 0.477 e. The lowest BCUT2D eigenvalue weighted by atomic mass is 10.2. The number of aromatic carboxylic acids is 1. The number of carboxylic acid groups (broad SMARTS) is 1. The Kier molecular flexibility index (Phi) is 3.03. The van der Waals surface area contributed by atoms with Crippen LogP contribution < -0.4 is 5.32 Å². The average molecular weight is 245 g/mol. The van der Waals surface area contributed by atoms with Crippen molar-refractivity contribution in [1.82, 2.24) is 4.98 Å². The van der Waals surface area contributed by atoms with Crippen LogP contribution in [0.3, 0.4) is 0 Å². The van der Waals surface area contributed by atoms with Gasteiger partial charge in [-0.05, 0) is 18.2 Å². The van der Waals surface area contributed by atoms with Crippen molar-refractivity contribution in [3.8, 4) is 6.07 Å². The van der Waals surface area contributed by atoms with E-state index in [9.17, 15) is 4.79 Å². The molecule has 5 nitrogen and oxygen atoms in total. The van der Waals surface area contributed by atoms with Gasteiger partial charge in [0, 0.05) is 5.69 Å². The Bertz CT molecular complexity index is 601. The van der Waals surface area contributed by atoms with Gasteiger partial charge in [0.05, 0.1) is 17.8 Å². The van der Waals surface area contributed by atoms with Crippen LogP contribution in [0.15, 0.2) is 30.5 Å². The van der Waals surface area contributed by atoms with E-state index < -0.39 is 5.97 Å². The van der Waals surface area contributed by atoms with Crippen molar-refractivity contribution < 1.29 is 9.90 Å². The molecule has 2 aromatic rings. The SMILES string of the molecule is N#Cc1cccc(Nc2ncc(C(=O)O)s2)c1. The summed E-state index contributed by atoms with van der Waals surface area (Å²) in [6.07, 6.45) is 1.30. The van der Waals surface area contributed by atoms with E-state index in [2.05, 4.69) is 10.3 Å². The number of carbonyl (C=O) groups is 1. The van der Waals surface area contributed by atoms with Crippen LogP contribution >= 0.6 is 11.3 Å². The predicted octanol–water partition coefficient (Wildman–Crippen LogP) is 2.46. The van der Waals surface area contributed by atoms with Crippen molar-refractivity contribution in [2.75, 3.05) is 5.32 Å². The highest BCUT2D eigenvalue weighted by Crippen LogP contribution is 2.22. The third-order valence-electron chi connectivity index (χ3n) is 1.96. The minimum atomic E-state index is -0.999. The number of nitriles is 1. The Morgan fingerprint density at radius 3 is 3.00 bits per heavy atom. The molecule has 0 aliphatic heterocycles. The van der Waals surface area contributed by atoms with Gasteiger partial charge < -0.3 is 10.4 Å². The quantitative estimate of drug-likeness (QED) is 0.867. The van der Waals surface area contributed by atoms with Gasteiger partial charge in [0.25, 0.3) is 0 Å². The van der Waals surface area contributed by atoms with Gasteiger partial charge in [0.1, 0.15) is 4.88 Å². The van der Waals surface area contributed by atoms with Crippen LogP contribution in [0, 0.1) is 11.3 Å². The second-order valence-corrected chi connectivity index (χ2v) is 4.18. The van der Waals surface area contributed by atoms with E-state index in [1.165, 1.54) is 6.20 Å². The number of aromatic nitrogens is 1. The first-order valence-corrected chi connectivity index (χ1v) is 5.47. The first-order chi connectivity index (χ1) is 8.19. The van der Waals surface area contributed by atoms with Crippen molar-refractivity contribution in [3.05, 3.63) is 40.9 Å². The molecule has 0 saturated heterocycles. The van der Waals surface area contributed by atoms with Crippen LogP contribution in [0.4, 0.5) is 10.8 Å². The zero-order valence-corrected chi connectivity index (χ0v) is 9.36. The lowest BCUT2D eigenvalue weighted by Crippen LogP contribution is -1.90. The molecule has 0 aliphatic rings. The molecule has 1 aromatic carbocycles. The minimum absolute atomic E-state index is 0.170. The molecule has 1 heterocycles. The van der Waals surface area contributed by atoms with E-state index in [0.29, 0.717) is 16.4 Å². The van der Waals surface area contributed by atoms with E-state index in [4.69, 9.17) is 10.4 Å². The summed E-state index contributed by atoms with van der Waals surface area (Å²) >= 11 is 1.04. The van der Waals surface area contributed by atoms with Crippen molar-refractivity contribution >= 4 is 28.1 Å². The van der Waals surface area contributed by atoms with Crippen molar-refractivity contribution in [2.24, 2.45) is 0 Å². The summed E-state index contributed by atoms with van der Waals surface area (Å²) in [7, 11) is 0. The summed E-state index contributed by atoms with van der Waals surface area (Å²) in [6, 6.07) is 8.91. The standard InChI is InChI=1S/C11H7N3O2S/c12-5-7-2-1-3-8(4-7)14-11-13-6-9(17-11)10(15)16/h1-4,6H,(H,13,14)(H,15,16). The smallest absolute Gasteiger partial charge is 0.347 e. The summed E-state index contributed by atoms with van der Waals surface area (Å²) in [4.78, 5) is 14.8. The highest BCUT2D eigenvalue weighted by Gasteiger charge is 2.08. The zero-order chi connectivity index (χ0) is 12.3. The Balaban J connectivity index is 2.19. The lowest BCUT2D eigenvalue weighted by Gasteiger charge is -2.01.